The maximum Gasteiger partial charge on any atom is 0.289 e. The third kappa shape index (κ3) is 4.62. The van der Waals surface area contributed by atoms with Crippen molar-refractivity contribution in [1.29, 1.82) is 0 Å². The Balaban J connectivity index is 1.28. The molecule has 150 valence electrons. The molecule has 3 heterocycles. The van der Waals surface area contributed by atoms with Crippen molar-refractivity contribution in [3.8, 4) is 0 Å². The molecule has 0 atom stereocenters. The number of hydrogen-bond donors (Lipinski definition) is 1. The molecule has 0 bridgehead atoms. The fourth-order valence-electron chi connectivity index (χ4n) is 3.08. The quantitative estimate of drug-likeness (QED) is 0.694. The first kappa shape index (κ1) is 19.1. The number of thiazole rings is 1. The molecule has 0 spiro atoms. The Morgan fingerprint density at radius 3 is 2.52 bits per heavy atom. The zero-order chi connectivity index (χ0) is 20.2. The minimum Gasteiger partial charge on any atom is -0.459 e. The Hall–Kier alpha value is -3.20. The van der Waals surface area contributed by atoms with Gasteiger partial charge in [-0.3, -0.25) is 9.59 Å². The van der Waals surface area contributed by atoms with Crippen LogP contribution in [0.15, 0.2) is 52.5 Å². The highest BCUT2D eigenvalue weighted by molar-refractivity contribution is 7.13. The topological polar surface area (TPSA) is 78.7 Å². The number of hydrogen-bond acceptors (Lipinski definition) is 6. The van der Waals surface area contributed by atoms with Gasteiger partial charge in [-0.15, -0.1) is 11.3 Å². The number of anilines is 2. The summed E-state index contributed by atoms with van der Waals surface area (Å²) < 4.78 is 18.1. The van der Waals surface area contributed by atoms with Gasteiger partial charge in [0, 0.05) is 37.2 Å². The Morgan fingerprint density at radius 1 is 1.10 bits per heavy atom. The van der Waals surface area contributed by atoms with E-state index in [1.54, 1.807) is 34.1 Å². The van der Waals surface area contributed by atoms with E-state index in [9.17, 15) is 14.0 Å². The molecule has 4 rings (SSSR count). The first-order valence-electron chi connectivity index (χ1n) is 9.16. The normalized spacial score (nSPS) is 14.1. The molecule has 0 aliphatic carbocycles. The number of amides is 2. The SMILES string of the molecule is O=C(Cc1csc(Nc2ccc(F)cc2)n1)N1CCN(C(=O)c2ccco2)CC1. The van der Waals surface area contributed by atoms with Crippen LogP contribution in [0.4, 0.5) is 15.2 Å². The highest BCUT2D eigenvalue weighted by Crippen LogP contribution is 2.22. The van der Waals surface area contributed by atoms with Crippen molar-refractivity contribution in [2.45, 2.75) is 6.42 Å². The van der Waals surface area contributed by atoms with E-state index in [1.165, 1.54) is 29.7 Å². The van der Waals surface area contributed by atoms with Gasteiger partial charge in [0.15, 0.2) is 10.9 Å². The second-order valence-electron chi connectivity index (χ2n) is 6.60. The van der Waals surface area contributed by atoms with Crippen LogP contribution < -0.4 is 5.32 Å². The van der Waals surface area contributed by atoms with Crippen LogP contribution in [0.5, 0.6) is 0 Å². The Labute approximate surface area is 170 Å². The molecular weight excluding hydrogens is 395 g/mol. The van der Waals surface area contributed by atoms with Gasteiger partial charge in [-0.05, 0) is 36.4 Å². The summed E-state index contributed by atoms with van der Waals surface area (Å²) in [5, 5.41) is 5.58. The smallest absolute Gasteiger partial charge is 0.289 e. The molecule has 2 amide bonds. The number of nitrogens with one attached hydrogen (secondary N) is 1. The molecule has 0 unspecified atom stereocenters. The molecule has 1 aromatic carbocycles. The van der Waals surface area contributed by atoms with Crippen molar-refractivity contribution in [1.82, 2.24) is 14.8 Å². The predicted molar refractivity (Wildman–Crippen MR) is 107 cm³/mol. The van der Waals surface area contributed by atoms with Crippen LogP contribution in [0.1, 0.15) is 16.2 Å². The van der Waals surface area contributed by atoms with Crippen LogP contribution in [-0.4, -0.2) is 52.8 Å². The van der Waals surface area contributed by atoms with Crippen LogP contribution in [0.3, 0.4) is 0 Å². The van der Waals surface area contributed by atoms with Crippen molar-refractivity contribution in [3.63, 3.8) is 0 Å². The molecule has 0 radical (unpaired) electrons. The first-order valence-corrected chi connectivity index (χ1v) is 10.0. The van der Waals surface area contributed by atoms with Crippen LogP contribution in [0.25, 0.3) is 0 Å². The highest BCUT2D eigenvalue weighted by Gasteiger charge is 2.26. The molecule has 1 saturated heterocycles. The standard InChI is InChI=1S/C20H19FN4O3S/c21-14-3-5-15(6-4-14)22-20-23-16(13-29-20)12-18(26)24-7-9-25(10-8-24)19(27)17-2-1-11-28-17/h1-6,11,13H,7-10,12H2,(H,22,23). The lowest BCUT2D eigenvalue weighted by atomic mass is 10.2. The fourth-order valence-corrected chi connectivity index (χ4v) is 3.81. The Morgan fingerprint density at radius 2 is 1.83 bits per heavy atom. The molecule has 1 aliphatic rings. The fraction of sp³-hybridized carbons (Fsp3) is 0.250. The summed E-state index contributed by atoms with van der Waals surface area (Å²) in [4.78, 5) is 32.7. The van der Waals surface area contributed by atoms with Crippen molar-refractivity contribution >= 4 is 34.0 Å². The number of nitrogens with zero attached hydrogens (tertiary/aromatic N) is 3. The summed E-state index contributed by atoms with van der Waals surface area (Å²) in [6.07, 6.45) is 1.67. The molecule has 1 aliphatic heterocycles. The highest BCUT2D eigenvalue weighted by atomic mass is 32.1. The van der Waals surface area contributed by atoms with E-state index in [-0.39, 0.29) is 24.1 Å². The number of halogens is 1. The van der Waals surface area contributed by atoms with E-state index in [0.717, 1.165) is 5.69 Å². The van der Waals surface area contributed by atoms with Gasteiger partial charge >= 0.3 is 0 Å². The van der Waals surface area contributed by atoms with Crippen molar-refractivity contribution in [2.24, 2.45) is 0 Å². The molecular formula is C20H19FN4O3S. The monoisotopic (exact) mass is 414 g/mol. The van der Waals surface area contributed by atoms with E-state index in [2.05, 4.69) is 10.3 Å². The zero-order valence-electron chi connectivity index (χ0n) is 15.5. The Kier molecular flexibility index (Phi) is 5.57. The Bertz CT molecular complexity index is 980. The lowest BCUT2D eigenvalue weighted by Gasteiger charge is -2.34. The summed E-state index contributed by atoms with van der Waals surface area (Å²) in [5.41, 5.74) is 1.41. The summed E-state index contributed by atoms with van der Waals surface area (Å²) in [5.74, 6) is -0.160. The van der Waals surface area contributed by atoms with Gasteiger partial charge in [-0.2, -0.15) is 0 Å². The predicted octanol–water partition coefficient (Wildman–Crippen LogP) is 3.15. The third-order valence-corrected chi connectivity index (χ3v) is 5.44. The van der Waals surface area contributed by atoms with Crippen molar-refractivity contribution in [2.75, 3.05) is 31.5 Å². The van der Waals surface area contributed by atoms with E-state index >= 15 is 0 Å². The van der Waals surface area contributed by atoms with Gasteiger partial charge in [0.25, 0.3) is 5.91 Å². The molecule has 1 fully saturated rings. The molecule has 9 heteroatoms. The van der Waals surface area contributed by atoms with E-state index < -0.39 is 0 Å². The summed E-state index contributed by atoms with van der Waals surface area (Å²) >= 11 is 1.39. The molecule has 7 nitrogen and oxygen atoms in total. The van der Waals surface area contributed by atoms with Gasteiger partial charge in [0.1, 0.15) is 5.82 Å². The first-order chi connectivity index (χ1) is 14.1. The number of piperazine rings is 1. The van der Waals surface area contributed by atoms with E-state index in [0.29, 0.717) is 42.8 Å². The van der Waals surface area contributed by atoms with Gasteiger partial charge in [0.2, 0.25) is 5.91 Å². The number of furan rings is 1. The van der Waals surface area contributed by atoms with Gasteiger partial charge in [0.05, 0.1) is 18.4 Å². The number of rotatable bonds is 5. The van der Waals surface area contributed by atoms with Gasteiger partial charge in [-0.1, -0.05) is 0 Å². The summed E-state index contributed by atoms with van der Waals surface area (Å²) in [7, 11) is 0. The van der Waals surface area contributed by atoms with Crippen LogP contribution >= 0.6 is 11.3 Å². The molecule has 2 aromatic heterocycles. The second kappa shape index (κ2) is 8.44. The third-order valence-electron chi connectivity index (χ3n) is 4.63. The molecule has 3 aromatic rings. The number of carbonyl (C=O) groups excluding carboxylic acids is 2. The molecule has 29 heavy (non-hydrogen) atoms. The lowest BCUT2D eigenvalue weighted by molar-refractivity contribution is -0.132. The average molecular weight is 414 g/mol. The van der Waals surface area contributed by atoms with Crippen LogP contribution in [0.2, 0.25) is 0 Å². The number of benzene rings is 1. The van der Waals surface area contributed by atoms with Crippen molar-refractivity contribution in [3.05, 3.63) is 65.3 Å². The van der Waals surface area contributed by atoms with Crippen molar-refractivity contribution < 1.29 is 18.4 Å². The molecule has 0 saturated carbocycles. The van der Waals surface area contributed by atoms with Gasteiger partial charge in [-0.25, -0.2) is 9.37 Å². The molecule has 1 N–H and O–H groups in total. The second-order valence-corrected chi connectivity index (χ2v) is 7.46. The number of carbonyl (C=O) groups is 2. The van der Waals surface area contributed by atoms with Crippen LogP contribution in [0, 0.1) is 5.82 Å². The lowest BCUT2D eigenvalue weighted by Crippen LogP contribution is -2.50. The summed E-state index contributed by atoms with van der Waals surface area (Å²) in [6, 6.07) is 9.32. The van der Waals surface area contributed by atoms with E-state index in [1.807, 2.05) is 5.38 Å². The van der Waals surface area contributed by atoms with Gasteiger partial charge < -0.3 is 19.5 Å². The maximum atomic E-state index is 13.0. The average Bonchev–Trinajstić information content (AvgIpc) is 3.42. The minimum atomic E-state index is -0.299. The minimum absolute atomic E-state index is 0.0197. The zero-order valence-corrected chi connectivity index (χ0v) is 16.3. The van der Waals surface area contributed by atoms with Crippen LogP contribution in [-0.2, 0) is 11.2 Å². The largest absolute Gasteiger partial charge is 0.459 e. The maximum absolute atomic E-state index is 13.0. The number of aromatic nitrogens is 1. The van der Waals surface area contributed by atoms with E-state index in [4.69, 9.17) is 4.42 Å². The summed E-state index contributed by atoms with van der Waals surface area (Å²) in [6.45, 7) is 1.91.